The zero-order valence-electron chi connectivity index (χ0n) is 15.9. The normalized spacial score (nSPS) is 11.0. The van der Waals surface area contributed by atoms with Crippen LogP contribution >= 0.6 is 0 Å². The minimum atomic E-state index is -0.737. The third-order valence-electron chi connectivity index (χ3n) is 4.36. The summed E-state index contributed by atoms with van der Waals surface area (Å²) in [6, 6.07) is 7.55. The third kappa shape index (κ3) is 3.48. The Morgan fingerprint density at radius 2 is 1.86 bits per heavy atom. The minimum absolute atomic E-state index is 0.140. The van der Waals surface area contributed by atoms with Crippen LogP contribution in [0, 0.1) is 6.92 Å². The highest BCUT2D eigenvalue weighted by molar-refractivity contribution is 5.99. The zero-order chi connectivity index (χ0) is 20.4. The number of rotatable bonds is 6. The number of tetrazole rings is 1. The van der Waals surface area contributed by atoms with E-state index in [9.17, 15) is 14.4 Å². The van der Waals surface area contributed by atoms with E-state index in [0.29, 0.717) is 18.8 Å². The van der Waals surface area contributed by atoms with Crippen LogP contribution in [0.3, 0.4) is 0 Å². The number of carbonyl (C=O) groups is 1. The lowest BCUT2D eigenvalue weighted by atomic mass is 10.1. The summed E-state index contributed by atoms with van der Waals surface area (Å²) in [6.45, 7) is 3.82. The number of ketones is 1. The quantitative estimate of drug-likeness (QED) is 0.609. The van der Waals surface area contributed by atoms with Crippen molar-refractivity contribution in [2.45, 2.75) is 33.4 Å². The van der Waals surface area contributed by atoms with Gasteiger partial charge in [0.05, 0.1) is 0 Å². The van der Waals surface area contributed by atoms with Crippen LogP contribution in [-0.4, -0.2) is 35.1 Å². The van der Waals surface area contributed by atoms with E-state index in [-0.39, 0.29) is 17.9 Å². The number of anilines is 1. The molecule has 2 aromatic heterocycles. The molecule has 10 nitrogen and oxygen atoms in total. The van der Waals surface area contributed by atoms with E-state index in [1.54, 1.807) is 0 Å². The number of hydrogen-bond acceptors (Lipinski definition) is 7. The molecular formula is C18H21N7O3. The van der Waals surface area contributed by atoms with Crippen LogP contribution in [0.5, 0.6) is 0 Å². The molecule has 0 aliphatic carbocycles. The van der Waals surface area contributed by atoms with Crippen molar-refractivity contribution in [3.63, 3.8) is 0 Å². The first-order valence-electron chi connectivity index (χ1n) is 8.80. The molecule has 0 atom stereocenters. The zero-order valence-corrected chi connectivity index (χ0v) is 15.9. The molecule has 0 amide bonds. The van der Waals surface area contributed by atoms with Gasteiger partial charge in [0, 0.05) is 19.2 Å². The summed E-state index contributed by atoms with van der Waals surface area (Å²) < 4.78 is 2.10. The monoisotopic (exact) mass is 383 g/mol. The van der Waals surface area contributed by atoms with E-state index in [1.807, 2.05) is 38.1 Å². The third-order valence-corrected chi connectivity index (χ3v) is 4.36. The summed E-state index contributed by atoms with van der Waals surface area (Å²) in [7, 11) is 1.32. The molecule has 0 saturated carbocycles. The van der Waals surface area contributed by atoms with Gasteiger partial charge in [-0.3, -0.25) is 18.7 Å². The maximum absolute atomic E-state index is 12.7. The average Bonchev–Trinajstić information content (AvgIpc) is 3.12. The second-order valence-electron chi connectivity index (χ2n) is 6.49. The fraction of sp³-hybridized carbons (Fsp3) is 0.333. The molecule has 146 valence electrons. The van der Waals surface area contributed by atoms with E-state index in [2.05, 4.69) is 15.4 Å². The SMILES string of the molecule is CCCn1c(N)c(C(=O)Cn2nnc(-c3ccc(C)cc3)n2)c(=O)n(C)c1=O. The average molecular weight is 383 g/mol. The van der Waals surface area contributed by atoms with Crippen LogP contribution in [0.15, 0.2) is 33.9 Å². The van der Waals surface area contributed by atoms with Crippen LogP contribution in [-0.2, 0) is 20.1 Å². The Morgan fingerprint density at radius 1 is 1.18 bits per heavy atom. The Hall–Kier alpha value is -3.56. The summed E-state index contributed by atoms with van der Waals surface area (Å²) in [6.07, 6.45) is 0.625. The van der Waals surface area contributed by atoms with Gasteiger partial charge in [-0.2, -0.15) is 4.80 Å². The van der Waals surface area contributed by atoms with Gasteiger partial charge in [0.1, 0.15) is 17.9 Å². The van der Waals surface area contributed by atoms with E-state index in [1.165, 1.54) is 11.6 Å². The van der Waals surface area contributed by atoms with Crippen molar-refractivity contribution in [3.8, 4) is 11.4 Å². The predicted octanol–water partition coefficient (Wildman–Crippen LogP) is 0.384. The van der Waals surface area contributed by atoms with Gasteiger partial charge < -0.3 is 5.73 Å². The number of aromatic nitrogens is 6. The second kappa shape index (κ2) is 7.59. The Kier molecular flexibility index (Phi) is 5.21. The maximum atomic E-state index is 12.7. The number of Topliss-reactive ketones (excluding diaryl/α,β-unsaturated/α-hetero) is 1. The molecule has 0 saturated heterocycles. The molecule has 0 radical (unpaired) electrons. The van der Waals surface area contributed by atoms with Gasteiger partial charge in [0.15, 0.2) is 5.78 Å². The molecule has 0 unspecified atom stereocenters. The minimum Gasteiger partial charge on any atom is -0.384 e. The fourth-order valence-electron chi connectivity index (χ4n) is 2.82. The van der Waals surface area contributed by atoms with Crippen molar-refractivity contribution in [2.24, 2.45) is 7.05 Å². The second-order valence-corrected chi connectivity index (χ2v) is 6.49. The molecule has 1 aromatic carbocycles. The molecule has 3 aromatic rings. The molecule has 0 spiro atoms. The standard InChI is InChI=1S/C18H21N7O3/c1-4-9-24-15(19)14(17(27)23(3)18(24)28)13(26)10-25-21-16(20-22-25)12-7-5-11(2)6-8-12/h5-8H,4,9-10,19H2,1-3H3. The van der Waals surface area contributed by atoms with E-state index in [4.69, 9.17) is 5.73 Å². The van der Waals surface area contributed by atoms with Crippen molar-refractivity contribution in [3.05, 3.63) is 56.2 Å². The molecule has 2 heterocycles. The Bertz CT molecular complexity index is 1140. The number of nitrogens with two attached hydrogens (primary N) is 1. The number of carbonyl (C=O) groups excluding carboxylic acids is 1. The van der Waals surface area contributed by atoms with Gasteiger partial charge >= 0.3 is 5.69 Å². The summed E-state index contributed by atoms with van der Waals surface area (Å²) in [5, 5.41) is 12.0. The molecule has 0 aliphatic heterocycles. The van der Waals surface area contributed by atoms with Crippen LogP contribution in [0.2, 0.25) is 0 Å². The molecule has 2 N–H and O–H groups in total. The van der Waals surface area contributed by atoms with Crippen molar-refractivity contribution < 1.29 is 4.79 Å². The van der Waals surface area contributed by atoms with Gasteiger partial charge in [-0.05, 0) is 18.6 Å². The largest absolute Gasteiger partial charge is 0.384 e. The summed E-state index contributed by atoms with van der Waals surface area (Å²) in [5.41, 5.74) is 6.29. The van der Waals surface area contributed by atoms with Gasteiger partial charge in [-0.25, -0.2) is 4.79 Å². The number of nitrogen functional groups attached to an aromatic ring is 1. The van der Waals surface area contributed by atoms with Crippen LogP contribution < -0.4 is 17.0 Å². The van der Waals surface area contributed by atoms with Gasteiger partial charge in [0.25, 0.3) is 5.56 Å². The first-order valence-corrected chi connectivity index (χ1v) is 8.80. The molecule has 0 aliphatic rings. The van der Waals surface area contributed by atoms with Crippen molar-refractivity contribution in [2.75, 3.05) is 5.73 Å². The molecule has 3 rings (SSSR count). The van der Waals surface area contributed by atoms with Crippen molar-refractivity contribution in [1.29, 1.82) is 0 Å². The first-order chi connectivity index (χ1) is 13.3. The number of benzene rings is 1. The molecule has 10 heteroatoms. The molecular weight excluding hydrogens is 362 g/mol. The van der Waals surface area contributed by atoms with Crippen molar-refractivity contribution >= 4 is 11.6 Å². The Morgan fingerprint density at radius 3 is 2.50 bits per heavy atom. The fourth-order valence-corrected chi connectivity index (χ4v) is 2.82. The Balaban J connectivity index is 1.93. The molecule has 0 fully saturated rings. The lowest BCUT2D eigenvalue weighted by Crippen LogP contribution is -2.43. The highest BCUT2D eigenvalue weighted by Gasteiger charge is 2.22. The summed E-state index contributed by atoms with van der Waals surface area (Å²) >= 11 is 0. The maximum Gasteiger partial charge on any atom is 0.332 e. The summed E-state index contributed by atoms with van der Waals surface area (Å²) in [5.74, 6) is -0.362. The highest BCUT2D eigenvalue weighted by atomic mass is 16.2. The lowest BCUT2D eigenvalue weighted by molar-refractivity contribution is 0.0959. The Labute approximate surface area is 160 Å². The van der Waals surface area contributed by atoms with Gasteiger partial charge in [-0.15, -0.1) is 10.2 Å². The van der Waals surface area contributed by atoms with Crippen LogP contribution in [0.25, 0.3) is 11.4 Å². The molecule has 0 bridgehead atoms. The predicted molar refractivity (Wildman–Crippen MR) is 103 cm³/mol. The summed E-state index contributed by atoms with van der Waals surface area (Å²) in [4.78, 5) is 38.5. The van der Waals surface area contributed by atoms with E-state index >= 15 is 0 Å². The van der Waals surface area contributed by atoms with E-state index < -0.39 is 17.0 Å². The van der Waals surface area contributed by atoms with Gasteiger partial charge in [0.2, 0.25) is 5.82 Å². The topological polar surface area (TPSA) is 131 Å². The van der Waals surface area contributed by atoms with E-state index in [0.717, 1.165) is 20.5 Å². The van der Waals surface area contributed by atoms with Crippen molar-refractivity contribution in [1.82, 2.24) is 29.3 Å². The van der Waals surface area contributed by atoms with Gasteiger partial charge in [-0.1, -0.05) is 36.8 Å². The first kappa shape index (κ1) is 19.2. The number of aryl methyl sites for hydroxylation is 1. The molecule has 28 heavy (non-hydrogen) atoms. The highest BCUT2D eigenvalue weighted by Crippen LogP contribution is 2.14. The number of hydrogen-bond donors (Lipinski definition) is 1. The smallest absolute Gasteiger partial charge is 0.332 e. The lowest BCUT2D eigenvalue weighted by Gasteiger charge is -2.13. The van der Waals surface area contributed by atoms with Crippen LogP contribution in [0.1, 0.15) is 29.3 Å². The van der Waals surface area contributed by atoms with Crippen LogP contribution in [0.4, 0.5) is 5.82 Å². The number of nitrogens with zero attached hydrogens (tertiary/aromatic N) is 6.